The van der Waals surface area contributed by atoms with Crippen molar-refractivity contribution in [3.63, 3.8) is 0 Å². The number of imidazole rings is 1. The van der Waals surface area contributed by atoms with Crippen LogP contribution >= 0.6 is 15.9 Å². The van der Waals surface area contributed by atoms with E-state index < -0.39 is 0 Å². The molecule has 0 aliphatic rings. The highest BCUT2D eigenvalue weighted by Crippen LogP contribution is 2.09. The molecule has 3 heteroatoms. The van der Waals surface area contributed by atoms with E-state index in [4.69, 9.17) is 0 Å². The van der Waals surface area contributed by atoms with E-state index >= 15 is 0 Å². The van der Waals surface area contributed by atoms with Crippen LogP contribution in [0.5, 0.6) is 0 Å². The van der Waals surface area contributed by atoms with Crippen LogP contribution in [0.1, 0.15) is 20.3 Å². The number of aryl methyl sites for hydroxylation is 1. The number of hydrogen-bond donors (Lipinski definition) is 0. The van der Waals surface area contributed by atoms with Crippen LogP contribution in [0.2, 0.25) is 0 Å². The lowest BCUT2D eigenvalue weighted by molar-refractivity contribution is 0.511. The molecular formula is C8H13BrN2. The number of aromatic nitrogens is 2. The van der Waals surface area contributed by atoms with Gasteiger partial charge in [0.05, 0.1) is 0 Å². The van der Waals surface area contributed by atoms with Crippen molar-refractivity contribution in [3.05, 3.63) is 17.1 Å². The molecule has 1 heterocycles. The van der Waals surface area contributed by atoms with E-state index in [9.17, 15) is 0 Å². The summed E-state index contributed by atoms with van der Waals surface area (Å²) < 4.78 is 3.04. The summed E-state index contributed by atoms with van der Waals surface area (Å²) in [6, 6.07) is 0. The molecule has 0 unspecified atom stereocenters. The van der Waals surface area contributed by atoms with Gasteiger partial charge >= 0.3 is 0 Å². The molecule has 0 amide bonds. The lowest BCUT2D eigenvalue weighted by Gasteiger charge is -2.05. The van der Waals surface area contributed by atoms with Crippen molar-refractivity contribution in [2.24, 2.45) is 5.92 Å². The summed E-state index contributed by atoms with van der Waals surface area (Å²) in [5.74, 6) is 0.754. The standard InChI is InChI=1S/C8H13BrN2/c1-7(2)3-5-11-6-4-10-8(11)9/h4,6-7H,3,5H2,1-2H3. The van der Waals surface area contributed by atoms with E-state index in [1.165, 1.54) is 6.42 Å². The molecular weight excluding hydrogens is 204 g/mol. The Bertz CT molecular complexity index is 218. The van der Waals surface area contributed by atoms with Gasteiger partial charge in [-0.2, -0.15) is 0 Å². The molecule has 0 radical (unpaired) electrons. The largest absolute Gasteiger partial charge is 0.326 e. The molecule has 0 spiro atoms. The Kier molecular flexibility index (Phi) is 3.12. The van der Waals surface area contributed by atoms with Gasteiger partial charge < -0.3 is 4.57 Å². The molecule has 0 atom stereocenters. The number of nitrogens with zero attached hydrogens (tertiary/aromatic N) is 2. The third-order valence-electron chi connectivity index (χ3n) is 1.61. The highest BCUT2D eigenvalue weighted by Gasteiger charge is 1.98. The summed E-state index contributed by atoms with van der Waals surface area (Å²) in [5, 5.41) is 0. The molecule has 0 saturated heterocycles. The third-order valence-corrected chi connectivity index (χ3v) is 2.27. The Morgan fingerprint density at radius 3 is 2.82 bits per heavy atom. The molecule has 0 bridgehead atoms. The van der Waals surface area contributed by atoms with Gasteiger partial charge in [-0.3, -0.25) is 0 Å². The van der Waals surface area contributed by atoms with Gasteiger partial charge in [0, 0.05) is 18.9 Å². The van der Waals surface area contributed by atoms with Gasteiger partial charge in [0.1, 0.15) is 0 Å². The van der Waals surface area contributed by atoms with E-state index in [0.29, 0.717) is 0 Å². The Morgan fingerprint density at radius 2 is 2.36 bits per heavy atom. The maximum Gasteiger partial charge on any atom is 0.177 e. The van der Waals surface area contributed by atoms with Crippen LogP contribution in [0.4, 0.5) is 0 Å². The lowest BCUT2D eigenvalue weighted by Crippen LogP contribution is -2.00. The van der Waals surface area contributed by atoms with E-state index in [1.807, 2.05) is 12.4 Å². The average Bonchev–Trinajstić information content (AvgIpc) is 2.31. The fourth-order valence-corrected chi connectivity index (χ4v) is 1.29. The first kappa shape index (κ1) is 8.78. The summed E-state index contributed by atoms with van der Waals surface area (Å²) in [4.78, 5) is 4.07. The van der Waals surface area contributed by atoms with Crippen LogP contribution in [0.3, 0.4) is 0 Å². The van der Waals surface area contributed by atoms with Crippen LogP contribution in [0.15, 0.2) is 17.1 Å². The molecule has 0 fully saturated rings. The van der Waals surface area contributed by atoms with Crippen molar-refractivity contribution >= 4 is 15.9 Å². The Balaban J connectivity index is 2.44. The SMILES string of the molecule is CC(C)CCn1ccnc1Br. The van der Waals surface area contributed by atoms with Gasteiger partial charge in [0.25, 0.3) is 0 Å². The van der Waals surface area contributed by atoms with Gasteiger partial charge in [-0.1, -0.05) is 13.8 Å². The zero-order valence-corrected chi connectivity index (χ0v) is 8.50. The summed E-state index contributed by atoms with van der Waals surface area (Å²) >= 11 is 3.37. The van der Waals surface area contributed by atoms with E-state index in [0.717, 1.165) is 17.2 Å². The van der Waals surface area contributed by atoms with Gasteiger partial charge in [0.2, 0.25) is 0 Å². The van der Waals surface area contributed by atoms with Gasteiger partial charge in [-0.15, -0.1) is 0 Å². The topological polar surface area (TPSA) is 17.8 Å². The van der Waals surface area contributed by atoms with Gasteiger partial charge in [-0.25, -0.2) is 4.98 Å². The second-order valence-electron chi connectivity index (χ2n) is 3.07. The first-order chi connectivity index (χ1) is 5.20. The molecule has 11 heavy (non-hydrogen) atoms. The highest BCUT2D eigenvalue weighted by molar-refractivity contribution is 9.10. The molecule has 0 aliphatic carbocycles. The fourth-order valence-electron chi connectivity index (χ4n) is 0.875. The number of halogens is 1. The molecule has 62 valence electrons. The Morgan fingerprint density at radius 1 is 1.64 bits per heavy atom. The summed E-state index contributed by atoms with van der Waals surface area (Å²) in [7, 11) is 0. The minimum absolute atomic E-state index is 0.754. The molecule has 0 saturated carbocycles. The van der Waals surface area contributed by atoms with Crippen LogP contribution in [-0.2, 0) is 6.54 Å². The third kappa shape index (κ3) is 2.66. The smallest absolute Gasteiger partial charge is 0.177 e. The quantitative estimate of drug-likeness (QED) is 0.761. The minimum atomic E-state index is 0.754. The monoisotopic (exact) mass is 216 g/mol. The lowest BCUT2D eigenvalue weighted by atomic mass is 10.1. The van der Waals surface area contributed by atoms with E-state index in [2.05, 4.69) is 39.3 Å². The Labute approximate surface area is 75.8 Å². The van der Waals surface area contributed by atoms with Crippen molar-refractivity contribution in [1.82, 2.24) is 9.55 Å². The molecule has 1 rings (SSSR count). The molecule has 0 aliphatic heterocycles. The molecule has 1 aromatic rings. The van der Waals surface area contributed by atoms with Crippen molar-refractivity contribution < 1.29 is 0 Å². The second-order valence-corrected chi connectivity index (χ2v) is 3.78. The van der Waals surface area contributed by atoms with Crippen molar-refractivity contribution in [2.45, 2.75) is 26.8 Å². The van der Waals surface area contributed by atoms with Crippen molar-refractivity contribution in [2.75, 3.05) is 0 Å². The fraction of sp³-hybridized carbons (Fsp3) is 0.625. The average molecular weight is 217 g/mol. The van der Waals surface area contributed by atoms with Crippen LogP contribution in [0, 0.1) is 5.92 Å². The summed E-state index contributed by atoms with van der Waals surface area (Å²) in [6.07, 6.45) is 5.01. The Hall–Kier alpha value is -0.310. The highest BCUT2D eigenvalue weighted by atomic mass is 79.9. The van der Waals surface area contributed by atoms with Gasteiger partial charge in [-0.05, 0) is 28.3 Å². The van der Waals surface area contributed by atoms with Crippen molar-refractivity contribution in [3.8, 4) is 0 Å². The molecule has 2 nitrogen and oxygen atoms in total. The molecule has 0 N–H and O–H groups in total. The van der Waals surface area contributed by atoms with Crippen molar-refractivity contribution in [1.29, 1.82) is 0 Å². The maximum atomic E-state index is 4.07. The van der Waals surface area contributed by atoms with E-state index in [-0.39, 0.29) is 0 Å². The number of rotatable bonds is 3. The van der Waals surface area contributed by atoms with Crippen LogP contribution in [-0.4, -0.2) is 9.55 Å². The minimum Gasteiger partial charge on any atom is -0.326 e. The maximum absolute atomic E-state index is 4.07. The molecule has 0 aromatic carbocycles. The van der Waals surface area contributed by atoms with Crippen LogP contribution < -0.4 is 0 Å². The van der Waals surface area contributed by atoms with E-state index in [1.54, 1.807) is 0 Å². The normalized spacial score (nSPS) is 10.9. The predicted molar refractivity (Wildman–Crippen MR) is 49.4 cm³/mol. The predicted octanol–water partition coefficient (Wildman–Crippen LogP) is 2.69. The summed E-state index contributed by atoms with van der Waals surface area (Å²) in [6.45, 7) is 5.51. The van der Waals surface area contributed by atoms with Crippen LogP contribution in [0.25, 0.3) is 0 Å². The summed E-state index contributed by atoms with van der Waals surface area (Å²) in [5.41, 5.74) is 0. The zero-order valence-electron chi connectivity index (χ0n) is 6.92. The second kappa shape index (κ2) is 3.90. The zero-order chi connectivity index (χ0) is 8.27. The van der Waals surface area contributed by atoms with Gasteiger partial charge in [0.15, 0.2) is 4.73 Å². The number of hydrogen-bond acceptors (Lipinski definition) is 1. The molecule has 1 aromatic heterocycles. The first-order valence-electron chi connectivity index (χ1n) is 3.87. The first-order valence-corrected chi connectivity index (χ1v) is 4.66.